The lowest BCUT2D eigenvalue weighted by molar-refractivity contribution is 0.122. The van der Waals surface area contributed by atoms with E-state index in [1.165, 1.54) is 6.42 Å². The Morgan fingerprint density at radius 2 is 1.67 bits per heavy atom. The minimum atomic E-state index is 0.457. The zero-order valence-electron chi connectivity index (χ0n) is 20.9. The fraction of sp³-hybridized carbons (Fsp3) is 0.444. The van der Waals surface area contributed by atoms with Crippen LogP contribution in [0.15, 0.2) is 52.9 Å². The second kappa shape index (κ2) is 11.3. The zero-order chi connectivity index (χ0) is 24.9. The van der Waals surface area contributed by atoms with E-state index >= 15 is 0 Å². The summed E-state index contributed by atoms with van der Waals surface area (Å²) in [4.78, 5) is 14.3. The summed E-state index contributed by atoms with van der Waals surface area (Å²) in [6.45, 7) is 10.1. The highest BCUT2D eigenvalue weighted by atomic mass is 32.1. The van der Waals surface area contributed by atoms with Crippen LogP contribution in [-0.2, 0) is 11.3 Å². The first-order chi connectivity index (χ1) is 17.5. The molecule has 36 heavy (non-hydrogen) atoms. The molecule has 3 aromatic rings. The summed E-state index contributed by atoms with van der Waals surface area (Å²) in [6, 6.07) is 16.1. The fourth-order valence-electron chi connectivity index (χ4n) is 4.99. The topological polar surface area (TPSA) is 78.7 Å². The van der Waals surface area contributed by atoms with Gasteiger partial charge in [0.2, 0.25) is 5.95 Å². The van der Waals surface area contributed by atoms with Crippen LogP contribution in [0.3, 0.4) is 0 Å². The van der Waals surface area contributed by atoms with Gasteiger partial charge in [-0.1, -0.05) is 44.2 Å². The van der Waals surface area contributed by atoms with Crippen molar-refractivity contribution in [3.05, 3.63) is 54.3 Å². The van der Waals surface area contributed by atoms with Gasteiger partial charge in [0.05, 0.1) is 19.8 Å². The van der Waals surface area contributed by atoms with Gasteiger partial charge in [-0.3, -0.25) is 0 Å². The molecule has 2 N–H and O–H groups in total. The van der Waals surface area contributed by atoms with Crippen molar-refractivity contribution in [1.82, 2.24) is 15.3 Å². The number of nitrogens with zero attached hydrogens (tertiary/aromatic N) is 4. The number of hydrogen-bond donors (Lipinski definition) is 2. The van der Waals surface area contributed by atoms with Gasteiger partial charge in [0, 0.05) is 37.8 Å². The van der Waals surface area contributed by atoms with E-state index in [-0.39, 0.29) is 0 Å². The number of ether oxygens (including phenoxy) is 1. The number of piperidine rings is 1. The predicted octanol–water partition coefficient (Wildman–Crippen LogP) is 4.54. The number of thiocarbonyl (C=S) groups is 1. The Morgan fingerprint density at radius 1 is 0.972 bits per heavy atom. The zero-order valence-corrected chi connectivity index (χ0v) is 21.8. The third-order valence-corrected chi connectivity index (χ3v) is 6.84. The quantitative estimate of drug-likeness (QED) is 0.468. The molecule has 4 heterocycles. The molecule has 2 unspecified atom stereocenters. The lowest BCUT2D eigenvalue weighted by Gasteiger charge is -2.36. The standard InChI is InChI=1S/C27H34N6O2S/c1-19-14-20(2)18-33(17-19)25-15-24(32-10-12-34-13-11-32)29-26(30-25)31-27(36)28-16-22-8-9-23(35-22)21-6-4-3-5-7-21/h3-9,15,19-20H,10-14,16-18H2,1-2H3,(H2,28,29,30,31,36). The molecule has 0 bridgehead atoms. The van der Waals surface area contributed by atoms with E-state index in [1.54, 1.807) is 0 Å². The van der Waals surface area contributed by atoms with Crippen molar-refractivity contribution < 1.29 is 9.15 Å². The molecule has 0 amide bonds. The molecule has 9 heteroatoms. The summed E-state index contributed by atoms with van der Waals surface area (Å²) in [5, 5.41) is 6.88. The minimum absolute atomic E-state index is 0.457. The lowest BCUT2D eigenvalue weighted by atomic mass is 9.92. The van der Waals surface area contributed by atoms with E-state index in [0.29, 0.717) is 42.7 Å². The van der Waals surface area contributed by atoms with Gasteiger partial charge in [0.1, 0.15) is 23.2 Å². The summed E-state index contributed by atoms with van der Waals surface area (Å²) >= 11 is 5.58. The normalized spacial score (nSPS) is 20.3. The Bertz CT molecular complexity index is 1150. The lowest BCUT2D eigenvalue weighted by Crippen LogP contribution is -2.40. The number of nitrogens with one attached hydrogen (secondary N) is 2. The second-order valence-electron chi connectivity index (χ2n) is 9.80. The highest BCUT2D eigenvalue weighted by Gasteiger charge is 2.25. The molecule has 0 aliphatic carbocycles. The number of aromatic nitrogens is 2. The average molecular weight is 507 g/mol. The summed E-state index contributed by atoms with van der Waals surface area (Å²) in [7, 11) is 0. The van der Waals surface area contributed by atoms with Gasteiger partial charge in [0.25, 0.3) is 0 Å². The fourth-order valence-corrected chi connectivity index (χ4v) is 5.15. The third-order valence-electron chi connectivity index (χ3n) is 6.60. The minimum Gasteiger partial charge on any atom is -0.459 e. The molecule has 2 fully saturated rings. The Balaban J connectivity index is 1.28. The Labute approximate surface area is 218 Å². The van der Waals surface area contributed by atoms with Gasteiger partial charge in [0.15, 0.2) is 5.11 Å². The maximum Gasteiger partial charge on any atom is 0.232 e. The van der Waals surface area contributed by atoms with Gasteiger partial charge >= 0.3 is 0 Å². The molecule has 0 saturated carbocycles. The largest absolute Gasteiger partial charge is 0.459 e. The average Bonchev–Trinajstić information content (AvgIpc) is 3.37. The van der Waals surface area contributed by atoms with Crippen LogP contribution < -0.4 is 20.4 Å². The van der Waals surface area contributed by atoms with Crippen LogP contribution in [0.2, 0.25) is 0 Å². The SMILES string of the molecule is CC1CC(C)CN(c2cc(N3CCOCC3)nc(NC(=S)NCc3ccc(-c4ccccc4)o3)n2)C1. The van der Waals surface area contributed by atoms with E-state index in [2.05, 4.69) is 40.3 Å². The maximum atomic E-state index is 5.98. The number of anilines is 3. The van der Waals surface area contributed by atoms with Gasteiger partial charge < -0.3 is 29.6 Å². The van der Waals surface area contributed by atoms with E-state index < -0.39 is 0 Å². The van der Waals surface area contributed by atoms with Crippen LogP contribution in [0.4, 0.5) is 17.6 Å². The summed E-state index contributed by atoms with van der Waals surface area (Å²) in [5.74, 6) is 5.24. The maximum absolute atomic E-state index is 5.98. The summed E-state index contributed by atoms with van der Waals surface area (Å²) in [6.07, 6.45) is 1.25. The van der Waals surface area contributed by atoms with Crippen LogP contribution in [-0.4, -0.2) is 54.5 Å². The van der Waals surface area contributed by atoms with Gasteiger partial charge in [-0.2, -0.15) is 9.97 Å². The molecular weight excluding hydrogens is 472 g/mol. The molecule has 2 aliphatic rings. The van der Waals surface area contributed by atoms with E-state index in [1.807, 2.05) is 42.5 Å². The van der Waals surface area contributed by atoms with Crippen LogP contribution in [0.5, 0.6) is 0 Å². The third kappa shape index (κ3) is 6.14. The first-order valence-electron chi connectivity index (χ1n) is 12.7. The van der Waals surface area contributed by atoms with Crippen molar-refractivity contribution >= 4 is 34.9 Å². The van der Waals surface area contributed by atoms with Crippen LogP contribution in [0.1, 0.15) is 26.0 Å². The monoisotopic (exact) mass is 506 g/mol. The number of benzene rings is 1. The van der Waals surface area contributed by atoms with Crippen LogP contribution in [0, 0.1) is 11.8 Å². The molecule has 5 rings (SSSR count). The summed E-state index contributed by atoms with van der Waals surface area (Å²) < 4.78 is 11.5. The van der Waals surface area contributed by atoms with Gasteiger partial charge in [-0.05, 0) is 42.6 Å². The van der Waals surface area contributed by atoms with Crippen LogP contribution in [0.25, 0.3) is 11.3 Å². The van der Waals surface area contributed by atoms with Crippen molar-refractivity contribution in [1.29, 1.82) is 0 Å². The molecule has 2 aliphatic heterocycles. The summed E-state index contributed by atoms with van der Waals surface area (Å²) in [5.41, 5.74) is 1.05. The van der Waals surface area contributed by atoms with Gasteiger partial charge in [-0.15, -0.1) is 0 Å². The smallest absolute Gasteiger partial charge is 0.232 e. The second-order valence-corrected chi connectivity index (χ2v) is 10.2. The van der Waals surface area contributed by atoms with E-state index in [0.717, 1.165) is 54.9 Å². The molecule has 2 saturated heterocycles. The molecule has 0 spiro atoms. The Morgan fingerprint density at radius 3 is 2.39 bits per heavy atom. The van der Waals surface area contributed by atoms with Gasteiger partial charge in [-0.25, -0.2) is 0 Å². The molecule has 190 valence electrons. The molecule has 2 atom stereocenters. The van der Waals surface area contributed by atoms with Crippen molar-refractivity contribution in [3.63, 3.8) is 0 Å². The number of rotatable bonds is 6. The highest BCUT2D eigenvalue weighted by Crippen LogP contribution is 2.28. The predicted molar refractivity (Wildman–Crippen MR) is 147 cm³/mol. The molecule has 2 aromatic heterocycles. The molecule has 8 nitrogen and oxygen atoms in total. The number of furan rings is 1. The van der Waals surface area contributed by atoms with Crippen molar-refractivity contribution in [2.24, 2.45) is 11.8 Å². The number of hydrogen-bond acceptors (Lipinski definition) is 7. The molecule has 0 radical (unpaired) electrons. The molecular formula is C27H34N6O2S. The van der Waals surface area contributed by atoms with E-state index in [4.69, 9.17) is 31.3 Å². The van der Waals surface area contributed by atoms with Crippen molar-refractivity contribution in [2.75, 3.05) is 54.5 Å². The Hall–Kier alpha value is -3.17. The molecule has 1 aromatic carbocycles. The van der Waals surface area contributed by atoms with Crippen molar-refractivity contribution in [3.8, 4) is 11.3 Å². The first-order valence-corrected chi connectivity index (χ1v) is 13.1. The van der Waals surface area contributed by atoms with Crippen molar-refractivity contribution in [2.45, 2.75) is 26.8 Å². The number of morpholine rings is 1. The first kappa shape index (κ1) is 24.5. The van der Waals surface area contributed by atoms with E-state index in [9.17, 15) is 0 Å². The van der Waals surface area contributed by atoms with Crippen LogP contribution >= 0.6 is 12.2 Å². The highest BCUT2D eigenvalue weighted by molar-refractivity contribution is 7.80. The Kier molecular flexibility index (Phi) is 7.67.